The van der Waals surface area contributed by atoms with Gasteiger partial charge in [-0.25, -0.2) is 9.97 Å². The highest BCUT2D eigenvalue weighted by Crippen LogP contribution is 2.11. The van der Waals surface area contributed by atoms with Gasteiger partial charge in [0.1, 0.15) is 5.82 Å². The Morgan fingerprint density at radius 2 is 2.00 bits per heavy atom. The van der Waals surface area contributed by atoms with Gasteiger partial charge in [-0.05, 0) is 12.1 Å². The first-order chi connectivity index (χ1) is 8.92. The highest BCUT2D eigenvalue weighted by molar-refractivity contribution is 7.07. The molecule has 1 N–H and O–H groups in total. The van der Waals surface area contributed by atoms with Crippen LogP contribution in [-0.4, -0.2) is 21.5 Å². The van der Waals surface area contributed by atoms with Crippen LogP contribution in [0, 0.1) is 0 Å². The van der Waals surface area contributed by atoms with Crippen LogP contribution in [0.3, 0.4) is 0 Å². The molecule has 5 heteroatoms. The van der Waals surface area contributed by atoms with Gasteiger partial charge in [-0.1, -0.05) is 12.1 Å². The molecule has 2 heterocycles. The molecular weight excluding hydrogens is 244 g/mol. The van der Waals surface area contributed by atoms with E-state index >= 15 is 0 Å². The number of nitrogens with zero attached hydrogens (tertiary/aromatic N) is 3. The molecule has 90 valence electrons. The van der Waals surface area contributed by atoms with Crippen LogP contribution in [0.25, 0.3) is 11.0 Å². The van der Waals surface area contributed by atoms with Crippen LogP contribution >= 0.6 is 11.3 Å². The minimum Gasteiger partial charge on any atom is -0.368 e. The lowest BCUT2D eigenvalue weighted by Crippen LogP contribution is -2.06. The lowest BCUT2D eigenvalue weighted by atomic mass is 10.3. The fraction of sp³-hybridized carbons (Fsp3) is 0.154. The van der Waals surface area contributed by atoms with Gasteiger partial charge in [0.05, 0.1) is 28.4 Å². The van der Waals surface area contributed by atoms with Crippen molar-refractivity contribution in [2.45, 2.75) is 6.42 Å². The molecular formula is C13H12N4S. The summed E-state index contributed by atoms with van der Waals surface area (Å²) in [6, 6.07) is 7.86. The number of nitrogens with one attached hydrogen (secondary N) is 1. The van der Waals surface area contributed by atoms with Crippen LogP contribution in [0.5, 0.6) is 0 Å². The molecule has 1 aromatic carbocycles. The molecule has 0 aliphatic carbocycles. The number of thiazole rings is 1. The third-order valence-corrected chi connectivity index (χ3v) is 3.25. The Morgan fingerprint density at radius 1 is 1.11 bits per heavy atom. The zero-order chi connectivity index (χ0) is 12.2. The molecule has 0 aliphatic rings. The maximum Gasteiger partial charge on any atom is 0.145 e. The quantitative estimate of drug-likeness (QED) is 0.779. The summed E-state index contributed by atoms with van der Waals surface area (Å²) < 4.78 is 0. The first-order valence-electron chi connectivity index (χ1n) is 5.74. The van der Waals surface area contributed by atoms with E-state index in [1.54, 1.807) is 17.5 Å². The van der Waals surface area contributed by atoms with Crippen molar-refractivity contribution in [3.63, 3.8) is 0 Å². The van der Waals surface area contributed by atoms with E-state index in [-0.39, 0.29) is 0 Å². The number of hydrogen-bond acceptors (Lipinski definition) is 5. The summed E-state index contributed by atoms with van der Waals surface area (Å²) in [5, 5.41) is 5.33. The molecule has 0 radical (unpaired) electrons. The topological polar surface area (TPSA) is 50.7 Å². The summed E-state index contributed by atoms with van der Waals surface area (Å²) in [5.74, 6) is 0.809. The van der Waals surface area contributed by atoms with Crippen molar-refractivity contribution >= 4 is 28.2 Å². The number of para-hydroxylation sites is 2. The summed E-state index contributed by atoms with van der Waals surface area (Å²) >= 11 is 1.62. The summed E-state index contributed by atoms with van der Waals surface area (Å²) in [6.45, 7) is 0.816. The van der Waals surface area contributed by atoms with Crippen LogP contribution in [0.1, 0.15) is 5.69 Å². The Balaban J connectivity index is 1.67. The summed E-state index contributed by atoms with van der Waals surface area (Å²) in [7, 11) is 0. The SMILES string of the molecule is c1ccc2nc(NCCc3cscn3)cnc2c1. The lowest BCUT2D eigenvalue weighted by molar-refractivity contribution is 0.968. The predicted octanol–water partition coefficient (Wildman–Crippen LogP) is 2.74. The monoisotopic (exact) mass is 256 g/mol. The molecule has 0 bridgehead atoms. The van der Waals surface area contributed by atoms with Gasteiger partial charge in [-0.15, -0.1) is 11.3 Å². The van der Waals surface area contributed by atoms with Crippen molar-refractivity contribution < 1.29 is 0 Å². The Labute approximate surface area is 109 Å². The van der Waals surface area contributed by atoms with Crippen molar-refractivity contribution in [3.8, 4) is 0 Å². The number of hydrogen-bond donors (Lipinski definition) is 1. The normalized spacial score (nSPS) is 10.7. The van der Waals surface area contributed by atoms with Gasteiger partial charge in [0.2, 0.25) is 0 Å². The number of anilines is 1. The van der Waals surface area contributed by atoms with Crippen molar-refractivity contribution in [3.05, 3.63) is 47.0 Å². The lowest BCUT2D eigenvalue weighted by Gasteiger charge is -2.04. The van der Waals surface area contributed by atoms with E-state index in [1.807, 2.05) is 29.8 Å². The Kier molecular flexibility index (Phi) is 3.14. The molecule has 0 saturated heterocycles. The second-order valence-corrected chi connectivity index (χ2v) is 4.62. The summed E-state index contributed by atoms with van der Waals surface area (Å²) in [6.07, 6.45) is 2.67. The first-order valence-corrected chi connectivity index (χ1v) is 6.69. The first kappa shape index (κ1) is 11.1. The van der Waals surface area contributed by atoms with E-state index in [1.165, 1.54) is 0 Å². The Morgan fingerprint density at radius 3 is 2.83 bits per heavy atom. The molecule has 4 nitrogen and oxygen atoms in total. The van der Waals surface area contributed by atoms with Gasteiger partial charge in [-0.3, -0.25) is 4.98 Å². The van der Waals surface area contributed by atoms with Crippen LogP contribution < -0.4 is 5.32 Å². The zero-order valence-electron chi connectivity index (χ0n) is 9.71. The molecule has 0 spiro atoms. The van der Waals surface area contributed by atoms with Crippen molar-refractivity contribution in [1.82, 2.24) is 15.0 Å². The standard InChI is InChI=1S/C13H12N4S/c1-2-4-12-11(3-1)15-7-13(17-12)14-6-5-10-8-18-9-16-10/h1-4,7-9H,5-6H2,(H,14,17). The van der Waals surface area contributed by atoms with Gasteiger partial charge in [0.25, 0.3) is 0 Å². The van der Waals surface area contributed by atoms with Gasteiger partial charge in [0, 0.05) is 18.3 Å². The fourth-order valence-corrected chi connectivity index (χ4v) is 2.31. The summed E-state index contributed by atoms with van der Waals surface area (Å²) in [4.78, 5) is 13.1. The van der Waals surface area contributed by atoms with E-state index in [0.717, 1.165) is 35.5 Å². The fourth-order valence-electron chi connectivity index (χ4n) is 1.72. The zero-order valence-corrected chi connectivity index (χ0v) is 10.5. The van der Waals surface area contributed by atoms with E-state index in [0.29, 0.717) is 0 Å². The minimum atomic E-state index is 0.809. The van der Waals surface area contributed by atoms with Crippen molar-refractivity contribution in [2.75, 3.05) is 11.9 Å². The second kappa shape index (κ2) is 5.10. The highest BCUT2D eigenvalue weighted by Gasteiger charge is 1.99. The van der Waals surface area contributed by atoms with Crippen molar-refractivity contribution in [1.29, 1.82) is 0 Å². The summed E-state index contributed by atoms with van der Waals surface area (Å²) in [5.41, 5.74) is 4.80. The number of fused-ring (bicyclic) bond motifs is 1. The molecule has 0 amide bonds. The van der Waals surface area contributed by atoms with Gasteiger partial charge in [0.15, 0.2) is 0 Å². The molecule has 3 aromatic rings. The smallest absolute Gasteiger partial charge is 0.145 e. The molecule has 0 fully saturated rings. The molecule has 18 heavy (non-hydrogen) atoms. The maximum atomic E-state index is 4.50. The Hall–Kier alpha value is -2.01. The molecule has 0 atom stereocenters. The van der Waals surface area contributed by atoms with Gasteiger partial charge < -0.3 is 5.32 Å². The van der Waals surface area contributed by atoms with E-state index < -0.39 is 0 Å². The van der Waals surface area contributed by atoms with E-state index in [9.17, 15) is 0 Å². The molecule has 0 saturated carbocycles. The van der Waals surface area contributed by atoms with Crippen LogP contribution in [0.2, 0.25) is 0 Å². The average Bonchev–Trinajstić information content (AvgIpc) is 2.92. The largest absolute Gasteiger partial charge is 0.368 e. The molecule has 2 aromatic heterocycles. The van der Waals surface area contributed by atoms with Gasteiger partial charge in [-0.2, -0.15) is 0 Å². The molecule has 0 aliphatic heterocycles. The predicted molar refractivity (Wildman–Crippen MR) is 73.8 cm³/mol. The molecule has 3 rings (SSSR count). The van der Waals surface area contributed by atoms with Crippen LogP contribution in [0.4, 0.5) is 5.82 Å². The average molecular weight is 256 g/mol. The van der Waals surface area contributed by atoms with E-state index in [2.05, 4.69) is 25.6 Å². The maximum absolute atomic E-state index is 4.50. The number of benzene rings is 1. The number of aromatic nitrogens is 3. The van der Waals surface area contributed by atoms with Gasteiger partial charge >= 0.3 is 0 Å². The second-order valence-electron chi connectivity index (χ2n) is 3.90. The van der Waals surface area contributed by atoms with Crippen LogP contribution in [-0.2, 0) is 6.42 Å². The molecule has 0 unspecified atom stereocenters. The van der Waals surface area contributed by atoms with Crippen molar-refractivity contribution in [2.24, 2.45) is 0 Å². The number of rotatable bonds is 4. The van der Waals surface area contributed by atoms with Crippen LogP contribution in [0.15, 0.2) is 41.4 Å². The minimum absolute atomic E-state index is 0.809. The highest BCUT2D eigenvalue weighted by atomic mass is 32.1. The van der Waals surface area contributed by atoms with E-state index in [4.69, 9.17) is 0 Å². The third-order valence-electron chi connectivity index (χ3n) is 2.62. The third kappa shape index (κ3) is 2.46. The Bertz CT molecular complexity index is 636.